The zero-order valence-corrected chi connectivity index (χ0v) is 12.3. The summed E-state index contributed by atoms with van der Waals surface area (Å²) in [5.74, 6) is -0.0216. The zero-order valence-electron chi connectivity index (χ0n) is 12.3. The highest BCUT2D eigenvalue weighted by Gasteiger charge is 2.29. The number of benzene rings is 3. The van der Waals surface area contributed by atoms with E-state index in [9.17, 15) is 4.79 Å². The Balaban J connectivity index is 1.88. The van der Waals surface area contributed by atoms with E-state index in [2.05, 4.69) is 34.5 Å². The van der Waals surface area contributed by atoms with Crippen LogP contribution in [0.2, 0.25) is 0 Å². The van der Waals surface area contributed by atoms with Gasteiger partial charge in [-0.05, 0) is 22.9 Å². The molecule has 0 bridgehead atoms. The van der Waals surface area contributed by atoms with Crippen molar-refractivity contribution in [3.8, 4) is 0 Å². The van der Waals surface area contributed by atoms with Crippen LogP contribution in [0.5, 0.6) is 0 Å². The Morgan fingerprint density at radius 3 is 2.55 bits per heavy atom. The predicted octanol–water partition coefficient (Wildman–Crippen LogP) is 3.72. The minimum atomic E-state index is -0.159. The van der Waals surface area contributed by atoms with Gasteiger partial charge in [-0.1, -0.05) is 54.6 Å². The average molecular weight is 288 g/mol. The number of rotatable bonds is 1. The number of carbonyl (C=O) groups is 1. The Morgan fingerprint density at radius 1 is 0.909 bits per heavy atom. The third-order valence-electron chi connectivity index (χ3n) is 4.30. The normalized spacial score (nSPS) is 17.2. The summed E-state index contributed by atoms with van der Waals surface area (Å²) in [6.07, 6.45) is -0.159. The Labute approximate surface area is 129 Å². The first-order valence-electron chi connectivity index (χ1n) is 7.36. The lowest BCUT2D eigenvalue weighted by Gasteiger charge is -2.37. The lowest BCUT2D eigenvalue weighted by Crippen LogP contribution is -2.44. The molecule has 3 heteroatoms. The second kappa shape index (κ2) is 4.88. The van der Waals surface area contributed by atoms with Gasteiger partial charge < -0.3 is 10.2 Å². The largest absolute Gasteiger partial charge is 0.350 e. The number of fused-ring (bicyclic) bond motifs is 2. The molecule has 1 N–H and O–H groups in total. The third kappa shape index (κ3) is 1.86. The van der Waals surface area contributed by atoms with Crippen LogP contribution in [0, 0.1) is 0 Å². The molecule has 0 saturated heterocycles. The van der Waals surface area contributed by atoms with Crippen LogP contribution in [0.15, 0.2) is 66.7 Å². The Kier molecular flexibility index (Phi) is 2.86. The van der Waals surface area contributed by atoms with Crippen LogP contribution >= 0.6 is 0 Å². The Hall–Kier alpha value is -2.81. The van der Waals surface area contributed by atoms with Crippen molar-refractivity contribution >= 4 is 22.4 Å². The maximum absolute atomic E-state index is 12.4. The van der Waals surface area contributed by atoms with Crippen LogP contribution in [-0.2, 0) is 0 Å². The van der Waals surface area contributed by atoms with Gasteiger partial charge in [0.2, 0.25) is 0 Å². The number of anilines is 1. The number of para-hydroxylation sites is 1. The van der Waals surface area contributed by atoms with Crippen molar-refractivity contribution in [2.45, 2.75) is 6.17 Å². The van der Waals surface area contributed by atoms with Crippen molar-refractivity contribution in [3.05, 3.63) is 77.9 Å². The van der Waals surface area contributed by atoms with Crippen molar-refractivity contribution < 1.29 is 4.79 Å². The minimum Gasteiger partial charge on any atom is -0.350 e. The van der Waals surface area contributed by atoms with Gasteiger partial charge in [0.25, 0.3) is 5.91 Å². The smallest absolute Gasteiger partial charge is 0.255 e. The molecule has 0 aliphatic carbocycles. The maximum atomic E-state index is 12.4. The topological polar surface area (TPSA) is 32.3 Å². The van der Waals surface area contributed by atoms with Crippen molar-refractivity contribution in [2.24, 2.45) is 0 Å². The van der Waals surface area contributed by atoms with Gasteiger partial charge in [0.1, 0.15) is 6.17 Å². The number of carbonyl (C=O) groups excluding carboxylic acids is 1. The van der Waals surface area contributed by atoms with Crippen molar-refractivity contribution in [1.82, 2.24) is 5.32 Å². The highest BCUT2D eigenvalue weighted by atomic mass is 16.2. The number of hydrogen-bond acceptors (Lipinski definition) is 2. The van der Waals surface area contributed by atoms with Gasteiger partial charge in [-0.2, -0.15) is 0 Å². The first-order chi connectivity index (χ1) is 10.8. The summed E-state index contributed by atoms with van der Waals surface area (Å²) in [5.41, 5.74) is 2.80. The molecule has 22 heavy (non-hydrogen) atoms. The fraction of sp³-hybridized carbons (Fsp3) is 0.105. The monoisotopic (exact) mass is 288 g/mol. The summed E-state index contributed by atoms with van der Waals surface area (Å²) >= 11 is 0. The van der Waals surface area contributed by atoms with E-state index >= 15 is 0 Å². The van der Waals surface area contributed by atoms with Crippen molar-refractivity contribution in [1.29, 1.82) is 0 Å². The summed E-state index contributed by atoms with van der Waals surface area (Å²) in [5, 5.41) is 5.47. The molecule has 3 aromatic carbocycles. The molecule has 4 rings (SSSR count). The van der Waals surface area contributed by atoms with Gasteiger partial charge in [0.15, 0.2) is 0 Å². The highest BCUT2D eigenvalue weighted by Crippen LogP contribution is 2.34. The Morgan fingerprint density at radius 2 is 1.64 bits per heavy atom. The number of nitrogens with one attached hydrogen (secondary N) is 1. The first-order valence-corrected chi connectivity index (χ1v) is 7.36. The molecule has 108 valence electrons. The van der Waals surface area contributed by atoms with Gasteiger partial charge in [0.05, 0.1) is 11.3 Å². The second-order valence-electron chi connectivity index (χ2n) is 5.57. The van der Waals surface area contributed by atoms with Gasteiger partial charge in [0, 0.05) is 12.6 Å². The molecule has 1 aliphatic heterocycles. The van der Waals surface area contributed by atoms with E-state index in [0.29, 0.717) is 0 Å². The summed E-state index contributed by atoms with van der Waals surface area (Å²) in [4.78, 5) is 14.5. The molecular formula is C19H16N2O. The molecule has 0 radical (unpaired) electrons. The maximum Gasteiger partial charge on any atom is 0.255 e. The van der Waals surface area contributed by atoms with Gasteiger partial charge in [-0.3, -0.25) is 4.79 Å². The molecule has 0 saturated carbocycles. The zero-order chi connectivity index (χ0) is 15.1. The molecular weight excluding hydrogens is 272 g/mol. The van der Waals surface area contributed by atoms with Gasteiger partial charge in [-0.25, -0.2) is 0 Å². The number of hydrogen-bond donors (Lipinski definition) is 1. The van der Waals surface area contributed by atoms with E-state index < -0.39 is 0 Å². The molecule has 0 spiro atoms. The summed E-state index contributed by atoms with van der Waals surface area (Å²) in [7, 11) is 2.02. The van der Waals surface area contributed by atoms with Crippen LogP contribution in [0.3, 0.4) is 0 Å². The van der Waals surface area contributed by atoms with E-state index in [4.69, 9.17) is 0 Å². The Bertz CT molecular complexity index is 867. The highest BCUT2D eigenvalue weighted by molar-refractivity contribution is 6.02. The van der Waals surface area contributed by atoms with Gasteiger partial charge in [-0.15, -0.1) is 0 Å². The molecule has 0 fully saturated rings. The minimum absolute atomic E-state index is 0.0216. The molecule has 0 aromatic heterocycles. The van der Waals surface area contributed by atoms with E-state index in [1.54, 1.807) is 0 Å². The molecule has 1 heterocycles. The van der Waals surface area contributed by atoms with Crippen LogP contribution in [0.4, 0.5) is 5.69 Å². The van der Waals surface area contributed by atoms with Crippen LogP contribution < -0.4 is 10.2 Å². The first kappa shape index (κ1) is 12.9. The number of nitrogens with zero attached hydrogens (tertiary/aromatic N) is 1. The van der Waals surface area contributed by atoms with Crippen molar-refractivity contribution in [3.63, 3.8) is 0 Å². The summed E-state index contributed by atoms with van der Waals surface area (Å²) in [6.45, 7) is 0. The fourth-order valence-electron chi connectivity index (χ4n) is 3.19. The van der Waals surface area contributed by atoms with E-state index in [1.807, 2.05) is 49.5 Å². The fourth-order valence-corrected chi connectivity index (χ4v) is 3.19. The van der Waals surface area contributed by atoms with Crippen LogP contribution in [0.1, 0.15) is 22.1 Å². The van der Waals surface area contributed by atoms with Crippen LogP contribution in [0.25, 0.3) is 10.8 Å². The van der Waals surface area contributed by atoms with E-state index in [0.717, 1.165) is 16.8 Å². The quantitative estimate of drug-likeness (QED) is 0.740. The molecule has 0 unspecified atom stereocenters. The average Bonchev–Trinajstić information content (AvgIpc) is 2.58. The van der Waals surface area contributed by atoms with Crippen molar-refractivity contribution in [2.75, 3.05) is 11.9 Å². The molecule has 1 amide bonds. The molecule has 1 aliphatic rings. The molecule has 1 atom stereocenters. The summed E-state index contributed by atoms with van der Waals surface area (Å²) < 4.78 is 0. The lowest BCUT2D eigenvalue weighted by molar-refractivity contribution is 0.0928. The second-order valence-corrected chi connectivity index (χ2v) is 5.57. The van der Waals surface area contributed by atoms with E-state index in [1.165, 1.54) is 10.8 Å². The molecule has 3 nitrogen and oxygen atoms in total. The lowest BCUT2D eigenvalue weighted by atomic mass is 9.99. The molecule has 3 aromatic rings. The SMILES string of the molecule is CN1c2ccccc2C(=O)N[C@H]1c1cccc2ccccc12. The van der Waals surface area contributed by atoms with E-state index in [-0.39, 0.29) is 12.1 Å². The standard InChI is InChI=1S/C19H16N2O/c1-21-17-12-5-4-10-16(17)19(22)20-18(21)15-11-6-8-13-7-2-3-9-14(13)15/h2-12,18H,1H3,(H,20,22)/t18-/m1/s1. The van der Waals surface area contributed by atoms with Crippen LogP contribution in [-0.4, -0.2) is 13.0 Å². The predicted molar refractivity (Wildman–Crippen MR) is 89.0 cm³/mol. The number of amides is 1. The van der Waals surface area contributed by atoms with Gasteiger partial charge >= 0.3 is 0 Å². The summed E-state index contributed by atoms with van der Waals surface area (Å²) in [6, 6.07) is 22.2. The third-order valence-corrected chi connectivity index (χ3v) is 4.30.